The Bertz CT molecular complexity index is 958. The van der Waals surface area contributed by atoms with Crippen LogP contribution < -0.4 is 14.4 Å². The van der Waals surface area contributed by atoms with Gasteiger partial charge in [0.05, 0.1) is 25.7 Å². The SMILES string of the molecule is COc1ccc(S(=O)(=O)N(C)CC(=O)N2CCc3ccccc32)cc1OC. The Hall–Kier alpha value is -2.58. The summed E-state index contributed by atoms with van der Waals surface area (Å²) in [6, 6.07) is 12.0. The minimum Gasteiger partial charge on any atom is -0.493 e. The summed E-state index contributed by atoms with van der Waals surface area (Å²) in [4.78, 5) is 14.4. The first kappa shape index (κ1) is 19.2. The maximum Gasteiger partial charge on any atom is 0.243 e. The molecule has 2 aromatic rings. The average Bonchev–Trinajstić information content (AvgIpc) is 3.11. The van der Waals surface area contributed by atoms with Crippen LogP contribution in [0.15, 0.2) is 47.4 Å². The van der Waals surface area contributed by atoms with E-state index in [2.05, 4.69) is 0 Å². The van der Waals surface area contributed by atoms with Crippen molar-refractivity contribution in [1.29, 1.82) is 0 Å². The molecule has 1 heterocycles. The number of carbonyl (C=O) groups is 1. The van der Waals surface area contributed by atoms with Crippen molar-refractivity contribution in [2.24, 2.45) is 0 Å². The van der Waals surface area contributed by atoms with Crippen LogP contribution in [0.5, 0.6) is 11.5 Å². The van der Waals surface area contributed by atoms with E-state index in [9.17, 15) is 13.2 Å². The van der Waals surface area contributed by atoms with Crippen LogP contribution in [-0.4, -0.2) is 53.0 Å². The third-order valence-corrected chi connectivity index (χ3v) is 6.41. The molecule has 0 bridgehead atoms. The number of fused-ring (bicyclic) bond motifs is 1. The fourth-order valence-corrected chi connectivity index (χ4v) is 4.25. The molecule has 0 saturated heterocycles. The summed E-state index contributed by atoms with van der Waals surface area (Å²) in [6.07, 6.45) is 0.772. The normalized spacial score (nSPS) is 13.6. The number of nitrogens with zero attached hydrogens (tertiary/aromatic N) is 2. The van der Waals surface area contributed by atoms with Gasteiger partial charge in [0.1, 0.15) is 0 Å². The number of para-hydroxylation sites is 1. The molecule has 2 aromatic carbocycles. The molecular weight excluding hydrogens is 368 g/mol. The number of benzene rings is 2. The quantitative estimate of drug-likeness (QED) is 0.753. The summed E-state index contributed by atoms with van der Waals surface area (Å²) in [6.45, 7) is 0.313. The van der Waals surface area contributed by atoms with E-state index >= 15 is 0 Å². The molecule has 0 fully saturated rings. The van der Waals surface area contributed by atoms with Crippen molar-refractivity contribution in [3.63, 3.8) is 0 Å². The maximum absolute atomic E-state index is 12.9. The number of hydrogen-bond acceptors (Lipinski definition) is 5. The van der Waals surface area contributed by atoms with Crippen molar-refractivity contribution in [2.45, 2.75) is 11.3 Å². The van der Waals surface area contributed by atoms with Crippen LogP contribution in [0, 0.1) is 0 Å². The maximum atomic E-state index is 12.9. The number of carbonyl (C=O) groups excluding carboxylic acids is 1. The van der Waals surface area contributed by atoms with Crippen LogP contribution in [0.3, 0.4) is 0 Å². The van der Waals surface area contributed by atoms with E-state index in [-0.39, 0.29) is 17.3 Å². The molecular formula is C19H22N2O5S. The molecule has 3 rings (SSSR count). The highest BCUT2D eigenvalue weighted by Gasteiger charge is 2.29. The number of ether oxygens (including phenoxy) is 2. The lowest BCUT2D eigenvalue weighted by atomic mass is 10.2. The number of anilines is 1. The fourth-order valence-electron chi connectivity index (χ4n) is 3.12. The molecule has 0 aromatic heterocycles. The van der Waals surface area contributed by atoms with Gasteiger partial charge in [-0.1, -0.05) is 18.2 Å². The summed E-state index contributed by atoms with van der Waals surface area (Å²) in [5.41, 5.74) is 1.94. The predicted octanol–water partition coefficient (Wildman–Crippen LogP) is 1.91. The Morgan fingerprint density at radius 2 is 1.81 bits per heavy atom. The van der Waals surface area contributed by atoms with Gasteiger partial charge >= 0.3 is 0 Å². The number of methoxy groups -OCH3 is 2. The predicted molar refractivity (Wildman–Crippen MR) is 102 cm³/mol. The first-order valence-electron chi connectivity index (χ1n) is 8.45. The molecule has 144 valence electrons. The molecule has 1 amide bonds. The van der Waals surface area contributed by atoms with Crippen molar-refractivity contribution in [1.82, 2.24) is 4.31 Å². The van der Waals surface area contributed by atoms with Crippen molar-refractivity contribution in [3.8, 4) is 11.5 Å². The molecule has 1 aliphatic heterocycles. The zero-order chi connectivity index (χ0) is 19.6. The smallest absolute Gasteiger partial charge is 0.243 e. The summed E-state index contributed by atoms with van der Waals surface area (Å²) in [5.74, 6) is 0.488. The Kier molecular flexibility index (Phi) is 5.38. The summed E-state index contributed by atoms with van der Waals surface area (Å²) >= 11 is 0. The van der Waals surface area contributed by atoms with Crippen molar-refractivity contribution in [2.75, 3.05) is 39.3 Å². The topological polar surface area (TPSA) is 76.2 Å². The average molecular weight is 390 g/mol. The Morgan fingerprint density at radius 3 is 2.52 bits per heavy atom. The standard InChI is InChI=1S/C19H22N2O5S/c1-20(13-19(22)21-11-10-14-6-4-5-7-16(14)21)27(23,24)15-8-9-17(25-2)18(12-15)26-3/h4-9,12H,10-11,13H2,1-3H3. The summed E-state index contributed by atoms with van der Waals surface area (Å²) < 4.78 is 37.1. The van der Waals surface area contributed by atoms with E-state index < -0.39 is 10.0 Å². The lowest BCUT2D eigenvalue weighted by molar-refractivity contribution is -0.118. The van der Waals surface area contributed by atoms with E-state index in [1.165, 1.54) is 39.5 Å². The summed E-state index contributed by atoms with van der Waals surface area (Å²) in [7, 11) is 0.460. The van der Waals surface area contributed by atoms with Gasteiger partial charge < -0.3 is 14.4 Å². The van der Waals surface area contributed by atoms with Gasteiger partial charge in [-0.25, -0.2) is 8.42 Å². The van der Waals surface area contributed by atoms with Crippen LogP contribution in [-0.2, 0) is 21.2 Å². The highest BCUT2D eigenvalue weighted by molar-refractivity contribution is 7.89. The second-order valence-electron chi connectivity index (χ2n) is 6.20. The Balaban J connectivity index is 1.79. The monoisotopic (exact) mass is 390 g/mol. The lowest BCUT2D eigenvalue weighted by Gasteiger charge is -2.22. The molecule has 0 unspecified atom stereocenters. The lowest BCUT2D eigenvalue weighted by Crippen LogP contribution is -2.40. The van der Waals surface area contributed by atoms with Gasteiger partial charge in [-0.3, -0.25) is 4.79 Å². The van der Waals surface area contributed by atoms with E-state index in [1.807, 2.05) is 24.3 Å². The van der Waals surface area contributed by atoms with Crippen LogP contribution in [0.1, 0.15) is 5.56 Å². The molecule has 0 saturated carbocycles. The van der Waals surface area contributed by atoms with Gasteiger partial charge in [-0.05, 0) is 30.2 Å². The molecule has 0 spiro atoms. The third-order valence-electron chi connectivity index (χ3n) is 4.61. The van der Waals surface area contributed by atoms with Crippen LogP contribution in [0.25, 0.3) is 0 Å². The number of sulfonamides is 1. The zero-order valence-corrected chi connectivity index (χ0v) is 16.3. The molecule has 0 N–H and O–H groups in total. The van der Waals surface area contributed by atoms with Gasteiger partial charge in [-0.2, -0.15) is 4.31 Å². The van der Waals surface area contributed by atoms with E-state index in [1.54, 1.807) is 4.90 Å². The van der Waals surface area contributed by atoms with E-state index in [0.717, 1.165) is 22.0 Å². The van der Waals surface area contributed by atoms with Gasteiger partial charge in [-0.15, -0.1) is 0 Å². The van der Waals surface area contributed by atoms with E-state index in [4.69, 9.17) is 9.47 Å². The van der Waals surface area contributed by atoms with Crippen molar-refractivity contribution < 1.29 is 22.7 Å². The molecule has 0 aliphatic carbocycles. The second kappa shape index (κ2) is 7.58. The van der Waals surface area contributed by atoms with E-state index in [0.29, 0.717) is 18.0 Å². The number of amides is 1. The van der Waals surface area contributed by atoms with Crippen LogP contribution in [0.2, 0.25) is 0 Å². The third kappa shape index (κ3) is 3.63. The van der Waals surface area contributed by atoms with Crippen molar-refractivity contribution in [3.05, 3.63) is 48.0 Å². The molecule has 27 heavy (non-hydrogen) atoms. The highest BCUT2D eigenvalue weighted by Crippen LogP contribution is 2.31. The fraction of sp³-hybridized carbons (Fsp3) is 0.316. The number of hydrogen-bond donors (Lipinski definition) is 0. The molecule has 0 radical (unpaired) electrons. The number of likely N-dealkylation sites (N-methyl/N-ethyl adjacent to an activating group) is 1. The summed E-state index contributed by atoms with van der Waals surface area (Å²) in [5, 5.41) is 0. The Morgan fingerprint density at radius 1 is 1.11 bits per heavy atom. The molecule has 1 aliphatic rings. The van der Waals surface area contributed by atoms with Crippen LogP contribution >= 0.6 is 0 Å². The second-order valence-corrected chi connectivity index (χ2v) is 8.25. The van der Waals surface area contributed by atoms with Gasteiger partial charge in [0.25, 0.3) is 0 Å². The number of rotatable bonds is 6. The minimum absolute atomic E-state index is 0.0391. The van der Waals surface area contributed by atoms with Gasteiger partial charge in [0, 0.05) is 25.3 Å². The molecule has 8 heteroatoms. The largest absolute Gasteiger partial charge is 0.493 e. The van der Waals surface area contributed by atoms with Crippen molar-refractivity contribution >= 4 is 21.6 Å². The van der Waals surface area contributed by atoms with Gasteiger partial charge in [0.2, 0.25) is 15.9 Å². The highest BCUT2D eigenvalue weighted by atomic mass is 32.2. The van der Waals surface area contributed by atoms with Crippen LogP contribution in [0.4, 0.5) is 5.69 Å². The Labute approximate surface area is 159 Å². The molecule has 0 atom stereocenters. The zero-order valence-electron chi connectivity index (χ0n) is 15.5. The van der Waals surface area contributed by atoms with Gasteiger partial charge in [0.15, 0.2) is 11.5 Å². The first-order chi connectivity index (χ1) is 12.9. The minimum atomic E-state index is -3.85. The first-order valence-corrected chi connectivity index (χ1v) is 9.89. The molecule has 7 nitrogen and oxygen atoms in total.